The van der Waals surface area contributed by atoms with E-state index in [4.69, 9.17) is 14.2 Å². The fourth-order valence-electron chi connectivity index (χ4n) is 4.88. The molecule has 0 atom stereocenters. The van der Waals surface area contributed by atoms with Crippen LogP contribution in [0.3, 0.4) is 0 Å². The van der Waals surface area contributed by atoms with Gasteiger partial charge in [0.2, 0.25) is 0 Å². The molecule has 1 aromatic rings. The van der Waals surface area contributed by atoms with E-state index in [0.717, 1.165) is 57.5 Å². The monoisotopic (exact) mass is 520 g/mol. The largest absolute Gasteiger partial charge is 0.508 e. The maximum absolute atomic E-state index is 11.1. The maximum atomic E-state index is 11.1. The van der Waals surface area contributed by atoms with Gasteiger partial charge < -0.3 is 19.3 Å². The van der Waals surface area contributed by atoms with E-state index < -0.39 is 0 Å². The molecule has 0 saturated carbocycles. The molecule has 1 rings (SSSR count). The fourth-order valence-corrected chi connectivity index (χ4v) is 4.88. The third-order valence-corrected chi connectivity index (χ3v) is 7.05. The van der Waals surface area contributed by atoms with Crippen LogP contribution in [0.15, 0.2) is 12.1 Å². The minimum absolute atomic E-state index is 0.283. The quantitative estimate of drug-likeness (QED) is 0.164. The topological polar surface area (TPSA) is 47.9 Å². The normalized spacial score (nSPS) is 12.9. The standard InChI is InChI=1S/C33H60O4/c1-10-13-16-21-35-31(4,5)24-27-19-20-30(34)29(26-33(8,9)37-23-18-15-12-3)28(27)25-32(6,7)36-22-17-14-11-2/h19-20,34H,10-18,21-26H2,1-9H3. The summed E-state index contributed by atoms with van der Waals surface area (Å²) in [6, 6.07) is 3.96. The van der Waals surface area contributed by atoms with Crippen LogP contribution in [-0.4, -0.2) is 41.7 Å². The smallest absolute Gasteiger partial charge is 0.119 e. The molecule has 0 amide bonds. The molecule has 0 saturated heterocycles. The predicted octanol–water partition coefficient (Wildman–Crippen LogP) is 8.98. The van der Waals surface area contributed by atoms with Crippen molar-refractivity contribution in [3.8, 4) is 5.75 Å². The van der Waals surface area contributed by atoms with Crippen LogP contribution in [-0.2, 0) is 33.5 Å². The summed E-state index contributed by atoms with van der Waals surface area (Å²) < 4.78 is 19.0. The summed E-state index contributed by atoms with van der Waals surface area (Å²) in [5, 5.41) is 11.1. The molecule has 0 spiro atoms. The van der Waals surface area contributed by atoms with Crippen molar-refractivity contribution >= 4 is 0 Å². The first-order valence-corrected chi connectivity index (χ1v) is 15.1. The predicted molar refractivity (Wildman–Crippen MR) is 158 cm³/mol. The van der Waals surface area contributed by atoms with Gasteiger partial charge in [0.05, 0.1) is 16.8 Å². The van der Waals surface area contributed by atoms with E-state index in [1.165, 1.54) is 49.7 Å². The zero-order chi connectivity index (χ0) is 28.0. The zero-order valence-corrected chi connectivity index (χ0v) is 25.9. The third kappa shape index (κ3) is 14.0. The van der Waals surface area contributed by atoms with Crippen LogP contribution >= 0.6 is 0 Å². The molecule has 0 bridgehead atoms. The summed E-state index contributed by atoms with van der Waals surface area (Å²) in [7, 11) is 0. The van der Waals surface area contributed by atoms with Gasteiger partial charge in [0, 0.05) is 44.6 Å². The van der Waals surface area contributed by atoms with Crippen LogP contribution < -0.4 is 0 Å². The minimum Gasteiger partial charge on any atom is -0.508 e. The van der Waals surface area contributed by atoms with E-state index in [2.05, 4.69) is 68.4 Å². The van der Waals surface area contributed by atoms with E-state index in [1.807, 2.05) is 6.07 Å². The number of unbranched alkanes of at least 4 members (excludes halogenated alkanes) is 6. The minimum atomic E-state index is -0.364. The molecule has 1 aromatic carbocycles. The van der Waals surface area contributed by atoms with Gasteiger partial charge in [0.15, 0.2) is 0 Å². The molecule has 1 N–H and O–H groups in total. The Balaban J connectivity index is 3.25. The molecule has 0 heterocycles. The fraction of sp³-hybridized carbons (Fsp3) is 0.818. The lowest BCUT2D eigenvalue weighted by Gasteiger charge is -2.33. The molecule has 4 nitrogen and oxygen atoms in total. The molecule has 216 valence electrons. The Bertz CT molecular complexity index is 751. The Labute approximate surface area is 229 Å². The molecule has 37 heavy (non-hydrogen) atoms. The summed E-state index contributed by atoms with van der Waals surface area (Å²) >= 11 is 0. The van der Waals surface area contributed by atoms with Crippen LogP contribution in [0.1, 0.15) is 137 Å². The Hall–Kier alpha value is -1.10. The van der Waals surface area contributed by atoms with Gasteiger partial charge in [-0.2, -0.15) is 0 Å². The highest BCUT2D eigenvalue weighted by atomic mass is 16.5. The number of hydrogen-bond donors (Lipinski definition) is 1. The molecular weight excluding hydrogens is 460 g/mol. The number of phenols is 1. The van der Waals surface area contributed by atoms with Gasteiger partial charge in [-0.1, -0.05) is 65.4 Å². The molecule has 0 unspecified atom stereocenters. The lowest BCUT2D eigenvalue weighted by molar-refractivity contribution is -0.0251. The molecule has 0 fully saturated rings. The van der Waals surface area contributed by atoms with Crippen molar-refractivity contribution in [2.45, 2.75) is 156 Å². The summed E-state index contributed by atoms with van der Waals surface area (Å²) in [5.74, 6) is 0.354. The van der Waals surface area contributed by atoms with Gasteiger partial charge in [-0.05, 0) is 78.0 Å². The molecule has 0 aliphatic carbocycles. The number of rotatable bonds is 21. The highest BCUT2D eigenvalue weighted by molar-refractivity contribution is 5.46. The van der Waals surface area contributed by atoms with Gasteiger partial charge in [0.1, 0.15) is 5.75 Å². The van der Waals surface area contributed by atoms with Gasteiger partial charge in [0.25, 0.3) is 0 Å². The number of ether oxygens (including phenoxy) is 3. The molecule has 0 aliphatic heterocycles. The Morgan fingerprint density at radius 3 is 1.32 bits per heavy atom. The third-order valence-electron chi connectivity index (χ3n) is 7.05. The van der Waals surface area contributed by atoms with Crippen molar-refractivity contribution in [1.82, 2.24) is 0 Å². The molecular formula is C33H60O4. The summed E-state index contributed by atoms with van der Waals surface area (Å²) in [5.41, 5.74) is 2.44. The number of hydrogen-bond acceptors (Lipinski definition) is 4. The summed E-state index contributed by atoms with van der Waals surface area (Å²) in [6.07, 6.45) is 12.6. The summed E-state index contributed by atoms with van der Waals surface area (Å²) in [4.78, 5) is 0. The Morgan fingerprint density at radius 2 is 0.919 bits per heavy atom. The number of aromatic hydroxyl groups is 1. The lowest BCUT2D eigenvalue weighted by Crippen LogP contribution is -2.33. The van der Waals surface area contributed by atoms with E-state index in [0.29, 0.717) is 12.2 Å². The second kappa shape index (κ2) is 16.8. The van der Waals surface area contributed by atoms with Crippen molar-refractivity contribution in [1.29, 1.82) is 0 Å². The van der Waals surface area contributed by atoms with Crippen molar-refractivity contribution in [2.24, 2.45) is 0 Å². The van der Waals surface area contributed by atoms with Crippen LogP contribution in [0.2, 0.25) is 0 Å². The van der Waals surface area contributed by atoms with Crippen molar-refractivity contribution < 1.29 is 19.3 Å². The van der Waals surface area contributed by atoms with Crippen molar-refractivity contribution in [3.05, 3.63) is 28.8 Å². The van der Waals surface area contributed by atoms with E-state index in [1.54, 1.807) is 0 Å². The van der Waals surface area contributed by atoms with E-state index in [9.17, 15) is 5.11 Å². The highest BCUT2D eigenvalue weighted by Crippen LogP contribution is 2.35. The van der Waals surface area contributed by atoms with E-state index >= 15 is 0 Å². The SMILES string of the molecule is CCCCCOC(C)(C)Cc1ccc(O)c(CC(C)(C)OCCCCC)c1CC(C)(C)OCCCCC. The van der Waals surface area contributed by atoms with Gasteiger partial charge >= 0.3 is 0 Å². The first-order chi connectivity index (χ1) is 17.4. The number of benzene rings is 1. The average molecular weight is 521 g/mol. The first kappa shape index (κ1) is 33.9. The lowest BCUT2D eigenvalue weighted by atomic mass is 9.83. The molecule has 0 aliphatic rings. The van der Waals surface area contributed by atoms with E-state index in [-0.39, 0.29) is 16.8 Å². The number of phenolic OH excluding ortho intramolecular Hbond substituents is 1. The van der Waals surface area contributed by atoms with Crippen molar-refractivity contribution in [2.75, 3.05) is 19.8 Å². The van der Waals surface area contributed by atoms with Gasteiger partial charge in [-0.25, -0.2) is 0 Å². The summed E-state index contributed by atoms with van der Waals surface area (Å²) in [6.45, 7) is 21.9. The van der Waals surface area contributed by atoms with Crippen LogP contribution in [0, 0.1) is 0 Å². The molecule has 4 heteroatoms. The second-order valence-corrected chi connectivity index (χ2v) is 12.7. The van der Waals surface area contributed by atoms with Gasteiger partial charge in [-0.3, -0.25) is 0 Å². The van der Waals surface area contributed by atoms with Crippen LogP contribution in [0.4, 0.5) is 0 Å². The van der Waals surface area contributed by atoms with Crippen molar-refractivity contribution in [3.63, 3.8) is 0 Å². The molecule has 0 aromatic heterocycles. The molecule has 0 radical (unpaired) electrons. The zero-order valence-electron chi connectivity index (χ0n) is 25.9. The first-order valence-electron chi connectivity index (χ1n) is 15.1. The average Bonchev–Trinajstić information content (AvgIpc) is 2.81. The Morgan fingerprint density at radius 1 is 0.541 bits per heavy atom. The van der Waals surface area contributed by atoms with Crippen LogP contribution in [0.25, 0.3) is 0 Å². The Kier molecular flexibility index (Phi) is 15.4. The van der Waals surface area contributed by atoms with Crippen LogP contribution in [0.5, 0.6) is 5.75 Å². The van der Waals surface area contributed by atoms with Gasteiger partial charge in [-0.15, -0.1) is 0 Å². The second-order valence-electron chi connectivity index (χ2n) is 12.7. The highest BCUT2D eigenvalue weighted by Gasteiger charge is 2.30. The maximum Gasteiger partial charge on any atom is 0.119 e.